The van der Waals surface area contributed by atoms with Crippen molar-refractivity contribution in [3.63, 3.8) is 0 Å². The molecule has 0 saturated carbocycles. The molecule has 3 aromatic rings. The van der Waals surface area contributed by atoms with Crippen molar-refractivity contribution in [2.75, 3.05) is 7.11 Å². The van der Waals surface area contributed by atoms with Gasteiger partial charge in [0.05, 0.1) is 12.7 Å². The lowest BCUT2D eigenvalue weighted by atomic mass is 10.1. The third-order valence-corrected chi connectivity index (χ3v) is 4.82. The first-order chi connectivity index (χ1) is 14.9. The monoisotopic (exact) mass is 442 g/mol. The number of aliphatic carboxylic acids is 1. The van der Waals surface area contributed by atoms with Crippen LogP contribution in [0.1, 0.15) is 27.4 Å². The lowest BCUT2D eigenvalue weighted by Gasteiger charge is -2.12. The van der Waals surface area contributed by atoms with Gasteiger partial charge in [0.25, 0.3) is 5.22 Å². The summed E-state index contributed by atoms with van der Waals surface area (Å²) in [7, 11) is 1.47. The van der Waals surface area contributed by atoms with Crippen molar-refractivity contribution in [3.8, 4) is 11.5 Å². The maximum absolute atomic E-state index is 11.6. The molecule has 0 aliphatic carbocycles. The Kier molecular flexibility index (Phi) is 6.93. The van der Waals surface area contributed by atoms with Crippen LogP contribution in [0.5, 0.6) is 11.5 Å². The molecule has 0 aliphatic rings. The zero-order valence-corrected chi connectivity index (χ0v) is 17.4. The van der Waals surface area contributed by atoms with E-state index in [0.29, 0.717) is 28.5 Å². The first-order valence-corrected chi connectivity index (χ1v) is 9.73. The largest absolute Gasteiger partial charge is 0.493 e. The van der Waals surface area contributed by atoms with Crippen LogP contribution < -0.4 is 9.47 Å². The van der Waals surface area contributed by atoms with Crippen molar-refractivity contribution in [2.45, 2.75) is 18.8 Å². The first-order valence-electron chi connectivity index (χ1n) is 8.91. The number of aromatic carboxylic acids is 1. The van der Waals surface area contributed by atoms with Crippen molar-refractivity contribution < 1.29 is 33.7 Å². The van der Waals surface area contributed by atoms with E-state index >= 15 is 0 Å². The molecule has 1 heterocycles. The Bertz CT molecular complexity index is 1140. The second-order valence-corrected chi connectivity index (χ2v) is 7.20. The Balaban J connectivity index is 1.78. The normalized spacial score (nSPS) is 11.2. The lowest BCUT2D eigenvalue weighted by molar-refractivity contribution is -0.131. The predicted molar refractivity (Wildman–Crippen MR) is 111 cm³/mol. The van der Waals surface area contributed by atoms with Gasteiger partial charge < -0.3 is 24.1 Å². The van der Waals surface area contributed by atoms with Gasteiger partial charge in [0, 0.05) is 6.92 Å². The number of carboxylic acids is 2. The molecule has 0 bridgehead atoms. The minimum atomic E-state index is -1.14. The van der Waals surface area contributed by atoms with E-state index in [0.717, 1.165) is 11.8 Å². The van der Waals surface area contributed by atoms with Gasteiger partial charge in [-0.05, 0) is 53.2 Å². The highest BCUT2D eigenvalue weighted by molar-refractivity contribution is 8.03. The maximum atomic E-state index is 11.6. The summed E-state index contributed by atoms with van der Waals surface area (Å²) in [6, 6.07) is 11.4. The molecular formula is C21H18N2O7S. The van der Waals surface area contributed by atoms with Crippen molar-refractivity contribution in [2.24, 2.45) is 0 Å². The minimum absolute atomic E-state index is 0.00939. The number of benzene rings is 2. The van der Waals surface area contributed by atoms with Gasteiger partial charge in [0.15, 0.2) is 11.5 Å². The van der Waals surface area contributed by atoms with Gasteiger partial charge in [-0.25, -0.2) is 9.59 Å². The Morgan fingerprint density at radius 1 is 1.13 bits per heavy atom. The molecule has 0 aliphatic heterocycles. The minimum Gasteiger partial charge on any atom is -0.493 e. The molecule has 0 saturated heterocycles. The molecule has 9 nitrogen and oxygen atoms in total. The second-order valence-electron chi connectivity index (χ2n) is 6.21. The van der Waals surface area contributed by atoms with Crippen LogP contribution >= 0.6 is 11.8 Å². The van der Waals surface area contributed by atoms with Gasteiger partial charge in [-0.15, -0.1) is 10.2 Å². The van der Waals surface area contributed by atoms with Crippen molar-refractivity contribution in [1.29, 1.82) is 0 Å². The van der Waals surface area contributed by atoms with E-state index in [1.165, 1.54) is 25.3 Å². The number of aromatic nitrogens is 2. The topological polar surface area (TPSA) is 132 Å². The highest BCUT2D eigenvalue weighted by atomic mass is 32.2. The smallest absolute Gasteiger partial charge is 0.342 e. The summed E-state index contributed by atoms with van der Waals surface area (Å²) in [6.07, 6.45) is 1.45. The summed E-state index contributed by atoms with van der Waals surface area (Å²) < 4.78 is 16.3. The molecule has 0 fully saturated rings. The molecule has 10 heteroatoms. The number of hydrogen-bond acceptors (Lipinski definition) is 8. The molecule has 0 unspecified atom stereocenters. The zero-order valence-electron chi connectivity index (χ0n) is 16.6. The standard InChI is InChI=1S/C21H18N2O7S/c1-12-22-23-21(30-12)31-18(20(26)27)10-13-6-7-16(17(9-13)28-2)29-11-14-4-3-5-15(8-14)19(24)25/h3-10H,11H2,1-2H3,(H,24,25)(H,26,27)/b18-10-. The van der Waals surface area contributed by atoms with Gasteiger partial charge in [0.1, 0.15) is 11.5 Å². The summed E-state index contributed by atoms with van der Waals surface area (Å²) in [4.78, 5) is 22.7. The van der Waals surface area contributed by atoms with Crippen LogP contribution in [0.15, 0.2) is 57.0 Å². The summed E-state index contributed by atoms with van der Waals surface area (Å²) in [5.41, 5.74) is 1.42. The van der Waals surface area contributed by atoms with E-state index in [9.17, 15) is 14.7 Å². The number of aryl methyl sites for hydroxylation is 1. The van der Waals surface area contributed by atoms with Gasteiger partial charge in [-0.2, -0.15) is 0 Å². The van der Waals surface area contributed by atoms with E-state index < -0.39 is 11.9 Å². The fourth-order valence-electron chi connectivity index (χ4n) is 2.55. The summed E-state index contributed by atoms with van der Waals surface area (Å²) in [5.74, 6) is -0.995. The Morgan fingerprint density at radius 3 is 2.58 bits per heavy atom. The second kappa shape index (κ2) is 9.81. The predicted octanol–water partition coefficient (Wildman–Crippen LogP) is 3.88. The fraction of sp³-hybridized carbons (Fsp3) is 0.143. The fourth-order valence-corrected chi connectivity index (χ4v) is 3.26. The number of ether oxygens (including phenoxy) is 2. The molecule has 160 valence electrons. The molecule has 31 heavy (non-hydrogen) atoms. The molecule has 0 spiro atoms. The quantitative estimate of drug-likeness (QED) is 0.371. The number of rotatable bonds is 9. The van der Waals surface area contributed by atoms with Crippen molar-refractivity contribution in [3.05, 3.63) is 70.0 Å². The third kappa shape index (κ3) is 5.86. The number of methoxy groups -OCH3 is 1. The van der Waals surface area contributed by atoms with E-state index in [1.807, 2.05) is 0 Å². The van der Waals surface area contributed by atoms with Crippen LogP contribution in [0.3, 0.4) is 0 Å². The SMILES string of the molecule is COc1cc(/C=C(\Sc2nnc(C)o2)C(=O)O)ccc1OCc1cccc(C(=O)O)c1. The van der Waals surface area contributed by atoms with E-state index in [-0.39, 0.29) is 22.3 Å². The maximum Gasteiger partial charge on any atom is 0.342 e. The third-order valence-electron chi connectivity index (χ3n) is 3.97. The number of thioether (sulfide) groups is 1. The zero-order chi connectivity index (χ0) is 22.4. The Morgan fingerprint density at radius 2 is 1.94 bits per heavy atom. The average molecular weight is 442 g/mol. The van der Waals surface area contributed by atoms with E-state index in [2.05, 4.69) is 10.2 Å². The highest BCUT2D eigenvalue weighted by Gasteiger charge is 2.15. The first kappa shape index (κ1) is 21.9. The van der Waals surface area contributed by atoms with Gasteiger partial charge >= 0.3 is 11.9 Å². The molecule has 0 amide bonds. The average Bonchev–Trinajstić information content (AvgIpc) is 3.16. The molecular weight excluding hydrogens is 424 g/mol. The summed E-state index contributed by atoms with van der Waals surface area (Å²) in [5, 5.41) is 26.2. The molecule has 0 radical (unpaired) electrons. The molecule has 2 N–H and O–H groups in total. The van der Waals surface area contributed by atoms with E-state index in [1.54, 1.807) is 37.3 Å². The van der Waals surface area contributed by atoms with Crippen LogP contribution in [-0.2, 0) is 11.4 Å². The number of carboxylic acid groups (broad SMARTS) is 2. The van der Waals surface area contributed by atoms with Crippen LogP contribution in [0, 0.1) is 6.92 Å². The van der Waals surface area contributed by atoms with Crippen LogP contribution in [0.2, 0.25) is 0 Å². The van der Waals surface area contributed by atoms with Crippen LogP contribution in [0.4, 0.5) is 0 Å². The number of hydrogen-bond donors (Lipinski definition) is 2. The molecule has 0 atom stereocenters. The van der Waals surface area contributed by atoms with Gasteiger partial charge in [-0.1, -0.05) is 18.2 Å². The highest BCUT2D eigenvalue weighted by Crippen LogP contribution is 2.32. The van der Waals surface area contributed by atoms with Crippen molar-refractivity contribution >= 4 is 29.8 Å². The van der Waals surface area contributed by atoms with Crippen LogP contribution in [-0.4, -0.2) is 39.5 Å². The van der Waals surface area contributed by atoms with E-state index in [4.69, 9.17) is 19.0 Å². The summed E-state index contributed by atoms with van der Waals surface area (Å²) >= 11 is 0.843. The molecule has 2 aromatic carbocycles. The Hall–Kier alpha value is -3.79. The van der Waals surface area contributed by atoms with Gasteiger partial charge in [0.2, 0.25) is 5.89 Å². The number of carbonyl (C=O) groups is 2. The lowest BCUT2D eigenvalue weighted by Crippen LogP contribution is -2.01. The molecule has 1 aromatic heterocycles. The van der Waals surface area contributed by atoms with Crippen molar-refractivity contribution in [1.82, 2.24) is 10.2 Å². The number of nitrogens with zero attached hydrogens (tertiary/aromatic N) is 2. The Labute approximate surface area is 181 Å². The summed E-state index contributed by atoms with van der Waals surface area (Å²) in [6.45, 7) is 1.75. The van der Waals surface area contributed by atoms with Gasteiger partial charge in [-0.3, -0.25) is 0 Å². The van der Waals surface area contributed by atoms with Crippen LogP contribution in [0.25, 0.3) is 6.08 Å². The molecule has 3 rings (SSSR count).